The van der Waals surface area contributed by atoms with Gasteiger partial charge in [-0.2, -0.15) is 0 Å². The number of allylic oxidation sites excluding steroid dienone is 22. The molecule has 65 heavy (non-hydrogen) atoms. The normalized spacial score (nSPS) is 14.3. The molecule has 0 aliphatic carbocycles. The van der Waals surface area contributed by atoms with Gasteiger partial charge in [-0.25, -0.2) is 4.57 Å². The van der Waals surface area contributed by atoms with Gasteiger partial charge in [-0.05, 0) is 109 Å². The van der Waals surface area contributed by atoms with Crippen LogP contribution >= 0.6 is 7.82 Å². The Morgan fingerprint density at radius 3 is 1.22 bits per heavy atom. The molecule has 0 aromatic rings. The van der Waals surface area contributed by atoms with Crippen molar-refractivity contribution in [1.29, 1.82) is 0 Å². The van der Waals surface area contributed by atoms with Crippen molar-refractivity contribution in [2.24, 2.45) is 5.73 Å². The summed E-state index contributed by atoms with van der Waals surface area (Å²) in [5.74, 6) is -0.905. The first-order valence-electron chi connectivity index (χ1n) is 24.7. The number of carbonyl (C=O) groups is 2. The zero-order valence-corrected chi connectivity index (χ0v) is 41.3. The van der Waals surface area contributed by atoms with Gasteiger partial charge in [0.05, 0.1) is 13.2 Å². The summed E-state index contributed by atoms with van der Waals surface area (Å²) in [4.78, 5) is 35.0. The molecule has 0 spiro atoms. The average Bonchev–Trinajstić information content (AvgIpc) is 3.30. The minimum Gasteiger partial charge on any atom is -0.462 e. The zero-order valence-electron chi connectivity index (χ0n) is 40.4. The van der Waals surface area contributed by atoms with Crippen LogP contribution in [0.2, 0.25) is 0 Å². The standard InChI is InChI=1S/C55H88NO8P/c1-3-5-7-9-11-13-15-17-19-21-22-23-24-25-26-27-28-29-30-32-34-36-38-40-42-44-46-48-55(58)64-53(52-63-65(59,60)62-50-49-56)51-61-54(57)47-45-43-41-39-37-35-33-31-20-18-16-14-12-10-8-6-4-2/h5-8,11-14,17-20,22-23,25-26,28-29,32,34,38,40,53H,3-4,9-10,15-16,21,24,27,30-31,33,35-37,39,41-52,56H2,1-2H3,(H,59,60)/b7-5-,8-6-,13-11-,14-12-,19-17-,20-18-,23-22-,26-25-,29-28-,34-32-,40-38-. The molecular formula is C55H88NO8P. The molecule has 0 heterocycles. The second-order valence-electron chi connectivity index (χ2n) is 15.6. The number of phosphoric ester groups is 1. The van der Waals surface area contributed by atoms with Crippen molar-refractivity contribution in [3.63, 3.8) is 0 Å². The Morgan fingerprint density at radius 2 is 0.800 bits per heavy atom. The maximum absolute atomic E-state index is 12.6. The van der Waals surface area contributed by atoms with E-state index in [4.69, 9.17) is 24.3 Å². The third kappa shape index (κ3) is 49.4. The molecule has 0 amide bonds. The highest BCUT2D eigenvalue weighted by Crippen LogP contribution is 2.43. The molecule has 2 unspecified atom stereocenters. The summed E-state index contributed by atoms with van der Waals surface area (Å²) < 4.78 is 32.8. The predicted molar refractivity (Wildman–Crippen MR) is 274 cm³/mol. The first-order chi connectivity index (χ1) is 31.8. The molecule has 0 aliphatic heterocycles. The minimum atomic E-state index is -4.41. The summed E-state index contributed by atoms with van der Waals surface area (Å²) in [6.45, 7) is 3.42. The molecule has 0 rings (SSSR count). The summed E-state index contributed by atoms with van der Waals surface area (Å²) in [5, 5.41) is 0. The second-order valence-corrected chi connectivity index (χ2v) is 17.0. The predicted octanol–water partition coefficient (Wildman–Crippen LogP) is 15.1. The Kier molecular flexibility index (Phi) is 46.6. The van der Waals surface area contributed by atoms with Crippen LogP contribution in [0.4, 0.5) is 0 Å². The lowest BCUT2D eigenvalue weighted by Crippen LogP contribution is -2.29. The topological polar surface area (TPSA) is 134 Å². The number of unbranched alkanes of at least 4 members (excludes halogenated alkanes) is 9. The zero-order chi connectivity index (χ0) is 47.4. The average molecular weight is 922 g/mol. The fourth-order valence-electron chi connectivity index (χ4n) is 5.96. The van der Waals surface area contributed by atoms with Crippen LogP contribution in [0.25, 0.3) is 0 Å². The van der Waals surface area contributed by atoms with Gasteiger partial charge in [-0.3, -0.25) is 18.6 Å². The molecule has 0 saturated heterocycles. The van der Waals surface area contributed by atoms with E-state index in [1.165, 1.54) is 19.3 Å². The van der Waals surface area contributed by atoms with Crippen LogP contribution in [0, 0.1) is 0 Å². The fourth-order valence-corrected chi connectivity index (χ4v) is 6.72. The van der Waals surface area contributed by atoms with Gasteiger partial charge < -0.3 is 20.1 Å². The van der Waals surface area contributed by atoms with Gasteiger partial charge >= 0.3 is 19.8 Å². The van der Waals surface area contributed by atoms with E-state index in [0.717, 1.165) is 109 Å². The lowest BCUT2D eigenvalue weighted by atomic mass is 10.1. The highest BCUT2D eigenvalue weighted by Gasteiger charge is 2.26. The second kappa shape index (κ2) is 49.6. The SMILES string of the molecule is CC/C=C\C/C=C\C/C=C\C/C=C\C/C=C\C/C=C\C/C=C\C/C=C\CCCCC(=O)OC(COC(=O)CCCCCCCCC/C=C\C/C=C\C/C=C\CC)COP(=O)(O)OCCN. The highest BCUT2D eigenvalue weighted by molar-refractivity contribution is 7.47. The van der Waals surface area contributed by atoms with Crippen LogP contribution in [0.5, 0.6) is 0 Å². The number of esters is 2. The van der Waals surface area contributed by atoms with Gasteiger partial charge in [0, 0.05) is 19.4 Å². The Hall–Kier alpha value is -3.85. The molecule has 0 radical (unpaired) electrons. The minimum absolute atomic E-state index is 0.0363. The van der Waals surface area contributed by atoms with E-state index >= 15 is 0 Å². The van der Waals surface area contributed by atoms with Gasteiger partial charge in [0.1, 0.15) is 6.61 Å². The number of rotatable bonds is 44. The molecule has 0 bridgehead atoms. The summed E-state index contributed by atoms with van der Waals surface area (Å²) in [5.41, 5.74) is 5.36. The summed E-state index contributed by atoms with van der Waals surface area (Å²) in [7, 11) is -4.41. The third-order valence-electron chi connectivity index (χ3n) is 9.53. The molecule has 0 aromatic heterocycles. The van der Waals surface area contributed by atoms with E-state index in [2.05, 4.69) is 148 Å². The number of hydrogen-bond donors (Lipinski definition) is 2. The number of phosphoric acid groups is 1. The molecule has 2 atom stereocenters. The summed E-state index contributed by atoms with van der Waals surface area (Å²) in [6.07, 6.45) is 69.2. The Morgan fingerprint density at radius 1 is 0.462 bits per heavy atom. The summed E-state index contributed by atoms with van der Waals surface area (Å²) >= 11 is 0. The van der Waals surface area contributed by atoms with Crippen LogP contribution in [0.15, 0.2) is 134 Å². The highest BCUT2D eigenvalue weighted by atomic mass is 31.2. The van der Waals surface area contributed by atoms with Crippen molar-refractivity contribution in [2.45, 2.75) is 174 Å². The Labute approximate surface area is 395 Å². The van der Waals surface area contributed by atoms with E-state index in [-0.39, 0.29) is 32.6 Å². The van der Waals surface area contributed by atoms with E-state index in [1.807, 2.05) is 0 Å². The van der Waals surface area contributed by atoms with Crippen LogP contribution < -0.4 is 5.73 Å². The van der Waals surface area contributed by atoms with E-state index < -0.39 is 32.5 Å². The van der Waals surface area contributed by atoms with Gasteiger partial charge in [0.25, 0.3) is 0 Å². The smallest absolute Gasteiger partial charge is 0.462 e. The van der Waals surface area contributed by atoms with Crippen molar-refractivity contribution < 1.29 is 37.6 Å². The number of ether oxygens (including phenoxy) is 2. The van der Waals surface area contributed by atoms with Crippen LogP contribution in [-0.2, 0) is 32.7 Å². The number of nitrogens with two attached hydrogens (primary N) is 1. The number of hydrogen-bond acceptors (Lipinski definition) is 8. The lowest BCUT2D eigenvalue weighted by Gasteiger charge is -2.19. The monoisotopic (exact) mass is 922 g/mol. The van der Waals surface area contributed by atoms with Crippen LogP contribution in [-0.4, -0.2) is 49.3 Å². The molecule has 0 aromatic carbocycles. The van der Waals surface area contributed by atoms with Gasteiger partial charge in [-0.1, -0.05) is 180 Å². The Balaban J connectivity index is 4.23. The molecule has 366 valence electrons. The molecule has 0 fully saturated rings. The van der Waals surface area contributed by atoms with E-state index in [1.54, 1.807) is 0 Å². The Bertz CT molecular complexity index is 1520. The number of carbonyl (C=O) groups excluding carboxylic acids is 2. The van der Waals surface area contributed by atoms with Crippen LogP contribution in [0.3, 0.4) is 0 Å². The molecule has 9 nitrogen and oxygen atoms in total. The largest absolute Gasteiger partial charge is 0.472 e. The molecule has 0 aliphatic rings. The van der Waals surface area contributed by atoms with Gasteiger partial charge in [-0.15, -0.1) is 0 Å². The fraction of sp³-hybridized carbons (Fsp3) is 0.564. The molecule has 10 heteroatoms. The van der Waals surface area contributed by atoms with Crippen molar-refractivity contribution in [1.82, 2.24) is 0 Å². The van der Waals surface area contributed by atoms with Crippen molar-refractivity contribution >= 4 is 19.8 Å². The van der Waals surface area contributed by atoms with Crippen molar-refractivity contribution in [2.75, 3.05) is 26.4 Å². The van der Waals surface area contributed by atoms with Crippen molar-refractivity contribution in [3.8, 4) is 0 Å². The van der Waals surface area contributed by atoms with E-state index in [9.17, 15) is 19.0 Å². The third-order valence-corrected chi connectivity index (χ3v) is 10.5. The van der Waals surface area contributed by atoms with Gasteiger partial charge in [0.2, 0.25) is 0 Å². The maximum Gasteiger partial charge on any atom is 0.472 e. The maximum atomic E-state index is 12.6. The molecule has 3 N–H and O–H groups in total. The quantitative estimate of drug-likeness (QED) is 0.0265. The summed E-state index contributed by atoms with van der Waals surface area (Å²) in [6, 6.07) is 0. The molecular weight excluding hydrogens is 834 g/mol. The van der Waals surface area contributed by atoms with Crippen LogP contribution in [0.1, 0.15) is 168 Å². The van der Waals surface area contributed by atoms with Gasteiger partial charge in [0.15, 0.2) is 6.10 Å². The lowest BCUT2D eigenvalue weighted by molar-refractivity contribution is -0.161. The van der Waals surface area contributed by atoms with Crippen molar-refractivity contribution in [3.05, 3.63) is 134 Å². The first-order valence-corrected chi connectivity index (χ1v) is 26.2. The first kappa shape index (κ1) is 61.1. The molecule has 0 saturated carbocycles. The van der Waals surface area contributed by atoms with E-state index in [0.29, 0.717) is 12.8 Å².